The minimum absolute atomic E-state index is 0.0154. The number of rotatable bonds is 2. The van der Waals surface area contributed by atoms with Crippen molar-refractivity contribution < 1.29 is 9.50 Å². The van der Waals surface area contributed by atoms with Gasteiger partial charge in [-0.15, -0.1) is 0 Å². The van der Waals surface area contributed by atoms with Crippen molar-refractivity contribution in [3.63, 3.8) is 0 Å². The van der Waals surface area contributed by atoms with Gasteiger partial charge in [0.2, 0.25) is 0 Å². The molecule has 0 aliphatic heterocycles. The van der Waals surface area contributed by atoms with Crippen LogP contribution < -0.4 is 5.32 Å². The minimum Gasteiger partial charge on any atom is -0.391 e. The molecule has 1 aromatic carbocycles. The Bertz CT molecular complexity index is 428. The van der Waals surface area contributed by atoms with Gasteiger partial charge in [-0.25, -0.2) is 4.39 Å². The lowest BCUT2D eigenvalue weighted by molar-refractivity contribution is 0.172. The molecule has 0 bridgehead atoms. The first-order valence-electron chi connectivity index (χ1n) is 5.35. The smallest absolute Gasteiger partial charge is 0.143 e. The lowest BCUT2D eigenvalue weighted by Crippen LogP contribution is -2.28. The van der Waals surface area contributed by atoms with Crippen LogP contribution in [0.4, 0.5) is 10.1 Å². The Labute approximate surface area is 93.5 Å². The van der Waals surface area contributed by atoms with Crippen molar-refractivity contribution in [3.8, 4) is 6.07 Å². The number of benzene rings is 1. The maximum atomic E-state index is 13.3. The third kappa shape index (κ3) is 2.00. The van der Waals surface area contributed by atoms with Crippen molar-refractivity contribution in [2.75, 3.05) is 5.32 Å². The number of hydrogen-bond acceptors (Lipinski definition) is 3. The molecule has 2 N–H and O–H groups in total. The predicted octanol–water partition coefficient (Wildman–Crippen LogP) is 2.02. The van der Waals surface area contributed by atoms with Crippen molar-refractivity contribution >= 4 is 5.69 Å². The zero-order valence-corrected chi connectivity index (χ0v) is 8.78. The van der Waals surface area contributed by atoms with Gasteiger partial charge < -0.3 is 10.4 Å². The van der Waals surface area contributed by atoms with Crippen molar-refractivity contribution in [2.24, 2.45) is 0 Å². The fourth-order valence-corrected chi connectivity index (χ4v) is 2.07. The SMILES string of the molecule is N#Cc1c(F)cccc1NC1CCCC1O. The second-order valence-electron chi connectivity index (χ2n) is 4.02. The van der Waals surface area contributed by atoms with Gasteiger partial charge in [0.25, 0.3) is 0 Å². The zero-order valence-electron chi connectivity index (χ0n) is 8.78. The molecule has 1 aliphatic carbocycles. The highest BCUT2D eigenvalue weighted by Gasteiger charge is 2.25. The maximum Gasteiger partial charge on any atom is 0.143 e. The molecule has 0 saturated heterocycles. The molecular formula is C12H13FN2O. The summed E-state index contributed by atoms with van der Waals surface area (Å²) in [6.45, 7) is 0. The van der Waals surface area contributed by atoms with Gasteiger partial charge in [0, 0.05) is 0 Å². The summed E-state index contributed by atoms with van der Waals surface area (Å²) in [5.74, 6) is -0.528. The van der Waals surface area contributed by atoms with E-state index in [4.69, 9.17) is 5.26 Å². The summed E-state index contributed by atoms with van der Waals surface area (Å²) < 4.78 is 13.3. The fourth-order valence-electron chi connectivity index (χ4n) is 2.07. The molecule has 3 nitrogen and oxygen atoms in total. The highest BCUT2D eigenvalue weighted by molar-refractivity contribution is 5.58. The molecule has 1 aromatic rings. The first-order valence-corrected chi connectivity index (χ1v) is 5.35. The number of nitrogens with one attached hydrogen (secondary N) is 1. The summed E-state index contributed by atoms with van der Waals surface area (Å²) in [5, 5.41) is 21.5. The molecular weight excluding hydrogens is 207 g/mol. The Balaban J connectivity index is 2.21. The van der Waals surface area contributed by atoms with Gasteiger partial charge in [-0.1, -0.05) is 6.07 Å². The van der Waals surface area contributed by atoms with Gasteiger partial charge in [-0.3, -0.25) is 0 Å². The molecule has 2 unspecified atom stereocenters. The molecule has 0 radical (unpaired) electrons. The summed E-state index contributed by atoms with van der Waals surface area (Å²) >= 11 is 0. The first-order chi connectivity index (χ1) is 7.72. The second-order valence-corrected chi connectivity index (χ2v) is 4.02. The van der Waals surface area contributed by atoms with Crippen LogP contribution in [0.5, 0.6) is 0 Å². The summed E-state index contributed by atoms with van der Waals surface area (Å²) in [6, 6.07) is 6.23. The van der Waals surface area contributed by atoms with Crippen LogP contribution in [0.1, 0.15) is 24.8 Å². The average Bonchev–Trinajstić information content (AvgIpc) is 2.65. The number of aliphatic hydroxyl groups is 1. The van der Waals surface area contributed by atoms with Gasteiger partial charge in [0.05, 0.1) is 17.8 Å². The molecule has 0 heterocycles. The van der Waals surface area contributed by atoms with Crippen molar-refractivity contribution in [3.05, 3.63) is 29.6 Å². The van der Waals surface area contributed by atoms with Crippen molar-refractivity contribution in [2.45, 2.75) is 31.4 Å². The Morgan fingerprint density at radius 1 is 1.44 bits per heavy atom. The molecule has 0 spiro atoms. The second kappa shape index (κ2) is 4.50. The summed E-state index contributed by atoms with van der Waals surface area (Å²) in [6.07, 6.45) is 2.16. The number of nitrogens with zero attached hydrogens (tertiary/aromatic N) is 1. The van der Waals surface area contributed by atoms with E-state index in [0.29, 0.717) is 5.69 Å². The van der Waals surface area contributed by atoms with Crippen LogP contribution in [-0.2, 0) is 0 Å². The topological polar surface area (TPSA) is 56.0 Å². The molecule has 16 heavy (non-hydrogen) atoms. The summed E-state index contributed by atoms with van der Waals surface area (Å²) in [4.78, 5) is 0. The van der Waals surface area contributed by atoms with Crippen molar-refractivity contribution in [1.82, 2.24) is 0 Å². The van der Waals surface area contributed by atoms with Gasteiger partial charge in [0.15, 0.2) is 0 Å². The van der Waals surface area contributed by atoms with E-state index in [1.807, 2.05) is 6.07 Å². The van der Waals surface area contributed by atoms with E-state index >= 15 is 0 Å². The lowest BCUT2D eigenvalue weighted by atomic mass is 10.1. The highest BCUT2D eigenvalue weighted by atomic mass is 19.1. The monoisotopic (exact) mass is 220 g/mol. The van der Waals surface area contributed by atoms with E-state index < -0.39 is 11.9 Å². The maximum absolute atomic E-state index is 13.3. The summed E-state index contributed by atoms with van der Waals surface area (Å²) in [7, 11) is 0. The molecule has 1 aliphatic rings. The number of aliphatic hydroxyl groups excluding tert-OH is 1. The number of anilines is 1. The van der Waals surface area contributed by atoms with Crippen LogP contribution in [0.15, 0.2) is 18.2 Å². The van der Waals surface area contributed by atoms with Gasteiger partial charge in [-0.05, 0) is 31.4 Å². The molecule has 1 saturated carbocycles. The quantitative estimate of drug-likeness (QED) is 0.801. The fraction of sp³-hybridized carbons (Fsp3) is 0.417. The van der Waals surface area contributed by atoms with Crippen LogP contribution in [0.3, 0.4) is 0 Å². The van der Waals surface area contributed by atoms with E-state index in [2.05, 4.69) is 5.32 Å². The van der Waals surface area contributed by atoms with Gasteiger partial charge >= 0.3 is 0 Å². The molecule has 4 heteroatoms. The van der Waals surface area contributed by atoms with Crippen LogP contribution >= 0.6 is 0 Å². The van der Waals surface area contributed by atoms with Gasteiger partial charge in [0.1, 0.15) is 17.4 Å². The van der Waals surface area contributed by atoms with Gasteiger partial charge in [-0.2, -0.15) is 5.26 Å². The van der Waals surface area contributed by atoms with E-state index in [0.717, 1.165) is 19.3 Å². The zero-order chi connectivity index (χ0) is 11.5. The Hall–Kier alpha value is -1.60. The minimum atomic E-state index is -0.528. The third-order valence-corrected chi connectivity index (χ3v) is 2.95. The molecule has 84 valence electrons. The van der Waals surface area contributed by atoms with E-state index in [1.165, 1.54) is 6.07 Å². The third-order valence-electron chi connectivity index (χ3n) is 2.95. The predicted molar refractivity (Wildman–Crippen MR) is 58.4 cm³/mol. The molecule has 0 aromatic heterocycles. The largest absolute Gasteiger partial charge is 0.391 e. The normalized spacial score (nSPS) is 24.1. The molecule has 2 atom stereocenters. The number of nitriles is 1. The molecule has 2 rings (SSSR count). The van der Waals surface area contributed by atoms with Crippen LogP contribution in [0, 0.1) is 17.1 Å². The molecule has 0 amide bonds. The van der Waals surface area contributed by atoms with Crippen LogP contribution in [-0.4, -0.2) is 17.3 Å². The van der Waals surface area contributed by atoms with Crippen LogP contribution in [0.2, 0.25) is 0 Å². The van der Waals surface area contributed by atoms with E-state index in [9.17, 15) is 9.50 Å². The van der Waals surface area contributed by atoms with Crippen molar-refractivity contribution in [1.29, 1.82) is 5.26 Å². The number of hydrogen-bond donors (Lipinski definition) is 2. The Kier molecular flexibility index (Phi) is 3.07. The number of halogens is 1. The van der Waals surface area contributed by atoms with Crippen LogP contribution in [0.25, 0.3) is 0 Å². The Morgan fingerprint density at radius 2 is 2.25 bits per heavy atom. The highest BCUT2D eigenvalue weighted by Crippen LogP contribution is 2.25. The standard InChI is InChI=1S/C12H13FN2O/c13-9-3-1-4-10(8(9)7-14)15-11-5-2-6-12(11)16/h1,3-4,11-12,15-16H,2,5-6H2. The molecule has 1 fully saturated rings. The van der Waals surface area contributed by atoms with E-state index in [1.54, 1.807) is 12.1 Å². The Morgan fingerprint density at radius 3 is 2.88 bits per heavy atom. The average molecular weight is 220 g/mol. The summed E-state index contributed by atoms with van der Waals surface area (Å²) in [5.41, 5.74) is 0.482. The lowest BCUT2D eigenvalue weighted by Gasteiger charge is -2.18. The first kappa shape index (κ1) is 10.9. The van der Waals surface area contributed by atoms with E-state index in [-0.39, 0.29) is 11.6 Å².